The van der Waals surface area contributed by atoms with Gasteiger partial charge in [-0.3, -0.25) is 0 Å². The smallest absolute Gasteiger partial charge is 0.248 e. The molecule has 0 N–H and O–H groups in total. The Morgan fingerprint density at radius 2 is 2.04 bits per heavy atom. The number of sulfonamides is 1. The van der Waals surface area contributed by atoms with E-state index in [1.807, 2.05) is 0 Å². The molecule has 0 aromatic carbocycles. The summed E-state index contributed by atoms with van der Waals surface area (Å²) in [5, 5.41) is 5.88. The molecule has 0 atom stereocenters. The fourth-order valence-electron chi connectivity index (χ4n) is 3.79. The Bertz CT molecular complexity index is 841. The first-order valence-electron chi connectivity index (χ1n) is 8.08. The lowest BCUT2D eigenvalue weighted by molar-refractivity contribution is -0.0861. The molecule has 0 aliphatic carbocycles. The number of aromatic nitrogens is 1. The highest BCUT2D eigenvalue weighted by atomic mass is 32.2. The van der Waals surface area contributed by atoms with Gasteiger partial charge >= 0.3 is 0 Å². The average Bonchev–Trinajstić information content (AvgIpc) is 3.16. The molecule has 0 saturated carbocycles. The van der Waals surface area contributed by atoms with Crippen LogP contribution in [0, 0.1) is 13.8 Å². The summed E-state index contributed by atoms with van der Waals surface area (Å²) in [7, 11) is -3.57. The predicted octanol–water partition coefficient (Wildman–Crippen LogP) is 2.61. The topological polar surface area (TPSA) is 72.6 Å². The monoisotopic (exact) mass is 368 g/mol. The Morgan fingerprint density at radius 1 is 1.29 bits per heavy atom. The highest BCUT2D eigenvalue weighted by Gasteiger charge is 2.44. The van der Waals surface area contributed by atoms with Gasteiger partial charge in [0, 0.05) is 18.0 Å². The number of rotatable bonds is 2. The number of piperidine rings is 1. The van der Waals surface area contributed by atoms with Gasteiger partial charge in [-0.2, -0.15) is 4.31 Å². The molecule has 2 aliphatic heterocycles. The summed E-state index contributed by atoms with van der Waals surface area (Å²) >= 11 is 1.72. The van der Waals surface area contributed by atoms with Crippen LogP contribution in [0.2, 0.25) is 0 Å². The molecule has 4 heterocycles. The molecule has 6 nitrogen and oxygen atoms in total. The molecule has 4 rings (SSSR count). The molecule has 2 aliphatic rings. The maximum absolute atomic E-state index is 12.9. The van der Waals surface area contributed by atoms with E-state index in [0.717, 1.165) is 6.42 Å². The quantitative estimate of drug-likeness (QED) is 0.815. The molecule has 0 unspecified atom stereocenters. The van der Waals surface area contributed by atoms with E-state index in [1.165, 1.54) is 14.7 Å². The molecule has 130 valence electrons. The summed E-state index contributed by atoms with van der Waals surface area (Å²) < 4.78 is 38.6. The van der Waals surface area contributed by atoms with Crippen molar-refractivity contribution in [3.8, 4) is 0 Å². The van der Waals surface area contributed by atoms with Crippen LogP contribution in [0.15, 0.2) is 20.9 Å². The van der Waals surface area contributed by atoms with Gasteiger partial charge in [-0.05, 0) is 50.1 Å². The van der Waals surface area contributed by atoms with Crippen molar-refractivity contribution in [2.24, 2.45) is 0 Å². The first-order chi connectivity index (χ1) is 11.4. The maximum atomic E-state index is 12.9. The number of thiophene rings is 1. The Balaban J connectivity index is 1.60. The van der Waals surface area contributed by atoms with Crippen molar-refractivity contribution in [3.63, 3.8) is 0 Å². The zero-order chi connectivity index (χ0) is 16.9. The van der Waals surface area contributed by atoms with Gasteiger partial charge in [0.25, 0.3) is 0 Å². The lowest BCUT2D eigenvalue weighted by atomic mass is 9.86. The van der Waals surface area contributed by atoms with Crippen LogP contribution < -0.4 is 0 Å². The van der Waals surface area contributed by atoms with Crippen molar-refractivity contribution in [2.45, 2.75) is 43.6 Å². The number of ether oxygens (including phenoxy) is 1. The van der Waals surface area contributed by atoms with E-state index in [9.17, 15) is 8.42 Å². The minimum absolute atomic E-state index is 0.208. The van der Waals surface area contributed by atoms with Gasteiger partial charge in [0.15, 0.2) is 5.76 Å². The second kappa shape index (κ2) is 5.66. The van der Waals surface area contributed by atoms with Crippen LogP contribution in [0.4, 0.5) is 0 Å². The second-order valence-electron chi connectivity index (χ2n) is 6.43. The Labute approximate surface area is 145 Å². The van der Waals surface area contributed by atoms with E-state index in [1.54, 1.807) is 25.2 Å². The van der Waals surface area contributed by atoms with Crippen LogP contribution in [-0.4, -0.2) is 37.6 Å². The van der Waals surface area contributed by atoms with E-state index in [0.29, 0.717) is 44.0 Å². The third-order valence-corrected chi connectivity index (χ3v) is 8.29. The van der Waals surface area contributed by atoms with Gasteiger partial charge in [-0.1, -0.05) is 5.16 Å². The SMILES string of the molecule is Cc1noc(C)c1S(=O)(=O)N1CCC2(CC1)OCCc1ccsc12. The summed E-state index contributed by atoms with van der Waals surface area (Å²) in [6, 6.07) is 2.16. The van der Waals surface area contributed by atoms with Crippen molar-refractivity contribution < 1.29 is 17.7 Å². The maximum Gasteiger partial charge on any atom is 0.248 e. The van der Waals surface area contributed by atoms with E-state index in [4.69, 9.17) is 9.26 Å². The number of hydrogen-bond donors (Lipinski definition) is 0. The summed E-state index contributed by atoms with van der Waals surface area (Å²) in [6.07, 6.45) is 2.31. The van der Waals surface area contributed by atoms with Gasteiger partial charge in [0.2, 0.25) is 10.0 Å². The van der Waals surface area contributed by atoms with Gasteiger partial charge in [-0.15, -0.1) is 11.3 Å². The Hall–Kier alpha value is -1.22. The van der Waals surface area contributed by atoms with Crippen LogP contribution in [0.3, 0.4) is 0 Å². The number of aryl methyl sites for hydroxylation is 2. The van der Waals surface area contributed by atoms with Crippen LogP contribution in [0.1, 0.15) is 34.7 Å². The first-order valence-corrected chi connectivity index (χ1v) is 10.4. The Kier molecular flexibility index (Phi) is 3.83. The molecule has 2 aromatic rings. The van der Waals surface area contributed by atoms with Gasteiger partial charge in [0.05, 0.1) is 6.61 Å². The fourth-order valence-corrected chi connectivity index (χ4v) is 6.69. The molecular formula is C16H20N2O4S2. The molecule has 8 heteroatoms. The van der Waals surface area contributed by atoms with Gasteiger partial charge in [0.1, 0.15) is 16.2 Å². The number of fused-ring (bicyclic) bond motifs is 2. The normalized spacial score (nSPS) is 21.1. The van der Waals surface area contributed by atoms with E-state index in [2.05, 4.69) is 16.6 Å². The predicted molar refractivity (Wildman–Crippen MR) is 89.6 cm³/mol. The van der Waals surface area contributed by atoms with Crippen molar-refractivity contribution in [1.29, 1.82) is 0 Å². The fraction of sp³-hybridized carbons (Fsp3) is 0.562. The van der Waals surface area contributed by atoms with E-state index in [-0.39, 0.29) is 10.5 Å². The molecule has 1 spiro atoms. The number of nitrogens with zero attached hydrogens (tertiary/aromatic N) is 2. The van der Waals surface area contributed by atoms with Gasteiger partial charge < -0.3 is 9.26 Å². The molecule has 2 aromatic heterocycles. The van der Waals surface area contributed by atoms with Crippen molar-refractivity contribution in [1.82, 2.24) is 9.46 Å². The second-order valence-corrected chi connectivity index (χ2v) is 9.22. The van der Waals surface area contributed by atoms with Gasteiger partial charge in [-0.25, -0.2) is 8.42 Å². The summed E-state index contributed by atoms with van der Waals surface area (Å²) in [6.45, 7) is 4.91. The minimum atomic E-state index is -3.57. The first kappa shape index (κ1) is 16.3. The van der Waals surface area contributed by atoms with Crippen molar-refractivity contribution in [3.05, 3.63) is 33.3 Å². The largest absolute Gasteiger partial charge is 0.369 e. The van der Waals surface area contributed by atoms with E-state index >= 15 is 0 Å². The zero-order valence-corrected chi connectivity index (χ0v) is 15.4. The standard InChI is InChI=1S/C16H20N2O4S2/c1-11-14(12(2)22-17-11)24(19,20)18-7-5-16(6-8-18)15-13(3-9-21-16)4-10-23-15/h4,10H,3,5-9H2,1-2H3. The molecule has 1 saturated heterocycles. The summed E-state index contributed by atoms with van der Waals surface area (Å²) in [5.41, 5.74) is 1.46. The van der Waals surface area contributed by atoms with Crippen LogP contribution in [0.25, 0.3) is 0 Å². The third-order valence-electron chi connectivity index (χ3n) is 5.01. The molecule has 0 radical (unpaired) electrons. The van der Waals surface area contributed by atoms with Crippen LogP contribution in [-0.2, 0) is 26.8 Å². The van der Waals surface area contributed by atoms with Crippen molar-refractivity contribution >= 4 is 21.4 Å². The molecule has 24 heavy (non-hydrogen) atoms. The third kappa shape index (κ3) is 2.35. The number of hydrogen-bond acceptors (Lipinski definition) is 6. The lowest BCUT2D eigenvalue weighted by Crippen LogP contribution is -2.47. The highest BCUT2D eigenvalue weighted by molar-refractivity contribution is 7.89. The minimum Gasteiger partial charge on any atom is -0.369 e. The zero-order valence-electron chi connectivity index (χ0n) is 13.7. The summed E-state index contributed by atoms with van der Waals surface area (Å²) in [4.78, 5) is 1.49. The molecule has 0 bridgehead atoms. The van der Waals surface area contributed by atoms with Crippen LogP contribution >= 0.6 is 11.3 Å². The van der Waals surface area contributed by atoms with E-state index < -0.39 is 10.0 Å². The lowest BCUT2D eigenvalue weighted by Gasteiger charge is -2.43. The Morgan fingerprint density at radius 3 is 2.71 bits per heavy atom. The molecular weight excluding hydrogens is 348 g/mol. The molecule has 1 fully saturated rings. The van der Waals surface area contributed by atoms with Crippen molar-refractivity contribution in [2.75, 3.05) is 19.7 Å². The molecule has 0 amide bonds. The average molecular weight is 368 g/mol. The van der Waals surface area contributed by atoms with Crippen LogP contribution in [0.5, 0.6) is 0 Å². The highest BCUT2D eigenvalue weighted by Crippen LogP contribution is 2.45. The summed E-state index contributed by atoms with van der Waals surface area (Å²) in [5.74, 6) is 0.349.